The molecule has 1 aliphatic heterocycles. The molecule has 0 spiro atoms. The van der Waals surface area contributed by atoms with Crippen LogP contribution < -0.4 is 0 Å². The third-order valence-electron chi connectivity index (χ3n) is 4.88. The van der Waals surface area contributed by atoms with Crippen LogP contribution in [0.5, 0.6) is 0 Å². The van der Waals surface area contributed by atoms with E-state index < -0.39 is 24.5 Å². The first-order valence-corrected chi connectivity index (χ1v) is 9.90. The summed E-state index contributed by atoms with van der Waals surface area (Å²) >= 11 is 6.43. The Balaban J connectivity index is 1.40. The molecule has 0 fully saturated rings. The second kappa shape index (κ2) is 8.57. The van der Waals surface area contributed by atoms with Crippen molar-refractivity contribution < 1.29 is 19.1 Å². The largest absolute Gasteiger partial charge is 0.441 e. The number of aromatic nitrogens is 2. The molecule has 4 rings (SSSR count). The molecule has 2 aromatic carbocycles. The Kier molecular flexibility index (Phi) is 5.68. The quantitative estimate of drug-likeness (QED) is 0.335. The summed E-state index contributed by atoms with van der Waals surface area (Å²) in [6.07, 6.45) is 2.71. The smallest absolute Gasteiger partial charge is 0.332 e. The predicted molar refractivity (Wildman–Crippen MR) is 114 cm³/mol. The Bertz CT molecular complexity index is 1170. The number of fused-ring (bicyclic) bond motifs is 1. The Morgan fingerprint density at radius 3 is 2.29 bits per heavy atom. The number of esters is 1. The maximum absolute atomic E-state index is 12.3. The first-order chi connectivity index (χ1) is 15.0. The maximum atomic E-state index is 12.3. The number of nitrogens with zero attached hydrogens (tertiary/aromatic N) is 3. The summed E-state index contributed by atoms with van der Waals surface area (Å²) in [4.78, 5) is 37.7. The van der Waals surface area contributed by atoms with Crippen molar-refractivity contribution in [1.29, 1.82) is 0 Å². The molecule has 1 aromatic heterocycles. The second-order valence-corrected chi connectivity index (χ2v) is 7.30. The molecular weight excluding hydrogens is 418 g/mol. The van der Waals surface area contributed by atoms with Gasteiger partial charge in [0.25, 0.3) is 11.8 Å². The summed E-state index contributed by atoms with van der Waals surface area (Å²) in [6.45, 7) is 1.82. The van der Waals surface area contributed by atoms with Gasteiger partial charge in [0.15, 0.2) is 6.73 Å². The number of halogens is 1. The van der Waals surface area contributed by atoms with Crippen molar-refractivity contribution in [3.8, 4) is 0 Å². The Hall–Kier alpha value is -3.71. The number of ether oxygens (including phenoxy) is 1. The number of benzene rings is 2. The predicted octanol–water partition coefficient (Wildman–Crippen LogP) is 3.70. The van der Waals surface area contributed by atoms with Crippen LogP contribution in [0.2, 0.25) is 5.15 Å². The van der Waals surface area contributed by atoms with Gasteiger partial charge < -0.3 is 4.74 Å². The highest BCUT2D eigenvalue weighted by Crippen LogP contribution is 2.23. The van der Waals surface area contributed by atoms with Crippen LogP contribution in [-0.4, -0.2) is 39.2 Å². The van der Waals surface area contributed by atoms with Crippen LogP contribution in [0.4, 0.5) is 0 Å². The van der Waals surface area contributed by atoms with Crippen LogP contribution in [0.3, 0.4) is 0 Å². The van der Waals surface area contributed by atoms with Crippen LogP contribution in [0.15, 0.2) is 60.7 Å². The molecule has 3 aromatic rings. The average molecular weight is 436 g/mol. The van der Waals surface area contributed by atoms with Crippen molar-refractivity contribution in [3.63, 3.8) is 0 Å². The van der Waals surface area contributed by atoms with Gasteiger partial charge in [-0.25, -0.2) is 14.4 Å². The summed E-state index contributed by atoms with van der Waals surface area (Å²) in [7, 11) is 0. The summed E-state index contributed by atoms with van der Waals surface area (Å²) in [5.41, 5.74) is 2.89. The van der Waals surface area contributed by atoms with E-state index >= 15 is 0 Å². The molecule has 2 heterocycles. The zero-order valence-electron chi connectivity index (χ0n) is 16.6. The van der Waals surface area contributed by atoms with Gasteiger partial charge in [-0.3, -0.25) is 9.59 Å². The lowest BCUT2D eigenvalue weighted by atomic mass is 10.1. The molecule has 0 bridgehead atoms. The van der Waals surface area contributed by atoms with E-state index in [0.29, 0.717) is 34.1 Å². The first kappa shape index (κ1) is 20.6. The lowest BCUT2D eigenvalue weighted by molar-refractivity contribution is -0.140. The molecule has 0 saturated carbocycles. The van der Waals surface area contributed by atoms with Crippen LogP contribution in [-0.2, 0) is 16.1 Å². The van der Waals surface area contributed by atoms with E-state index in [-0.39, 0.29) is 0 Å². The van der Waals surface area contributed by atoms with Crippen molar-refractivity contribution in [3.05, 3.63) is 93.8 Å². The number of hydrogen-bond donors (Lipinski definition) is 0. The summed E-state index contributed by atoms with van der Waals surface area (Å²) in [5.74, 6) is -1.68. The molecule has 7 nitrogen and oxygen atoms in total. The Morgan fingerprint density at radius 1 is 1.03 bits per heavy atom. The van der Waals surface area contributed by atoms with Gasteiger partial charge in [0.2, 0.25) is 0 Å². The number of rotatable bonds is 6. The van der Waals surface area contributed by atoms with Crippen LogP contribution >= 0.6 is 11.6 Å². The Labute approximate surface area is 183 Å². The maximum Gasteiger partial charge on any atom is 0.332 e. The van der Waals surface area contributed by atoms with Crippen LogP contribution in [0.25, 0.3) is 6.08 Å². The van der Waals surface area contributed by atoms with Crippen LogP contribution in [0, 0.1) is 6.92 Å². The van der Waals surface area contributed by atoms with Crippen molar-refractivity contribution in [1.82, 2.24) is 14.7 Å². The fraction of sp³-hybridized carbons (Fsp3) is 0.130. The van der Waals surface area contributed by atoms with E-state index in [0.717, 1.165) is 10.5 Å². The van der Waals surface area contributed by atoms with E-state index in [1.165, 1.54) is 12.2 Å². The molecule has 0 aliphatic carbocycles. The lowest BCUT2D eigenvalue weighted by Gasteiger charge is -2.12. The summed E-state index contributed by atoms with van der Waals surface area (Å²) in [5, 5.41) is 4.81. The van der Waals surface area contributed by atoms with Gasteiger partial charge in [-0.15, -0.1) is 0 Å². The van der Waals surface area contributed by atoms with Gasteiger partial charge >= 0.3 is 5.97 Å². The molecule has 0 radical (unpaired) electrons. The molecule has 8 heteroatoms. The number of imide groups is 1. The van der Waals surface area contributed by atoms with Crippen molar-refractivity contribution in [2.45, 2.75) is 13.5 Å². The molecule has 1 aliphatic rings. The molecule has 0 atom stereocenters. The number of hydrogen-bond acceptors (Lipinski definition) is 5. The summed E-state index contributed by atoms with van der Waals surface area (Å²) in [6, 6.07) is 16.2. The number of amides is 2. The fourth-order valence-electron chi connectivity index (χ4n) is 3.30. The van der Waals surface area contributed by atoms with Gasteiger partial charge in [-0.1, -0.05) is 54.1 Å². The highest BCUT2D eigenvalue weighted by atomic mass is 35.5. The van der Waals surface area contributed by atoms with Crippen molar-refractivity contribution >= 4 is 35.5 Å². The third-order valence-corrected chi connectivity index (χ3v) is 5.28. The standard InChI is InChI=1S/C23H18ClN3O4/c1-15-17(21(24)27(25-15)13-16-7-3-2-4-8-16)11-12-20(28)31-14-26-22(29)18-9-5-6-10-19(18)23(26)30/h2-12H,13-14H2,1H3. The minimum atomic E-state index is -0.706. The second-order valence-electron chi connectivity index (χ2n) is 6.94. The van der Waals surface area contributed by atoms with E-state index in [9.17, 15) is 14.4 Å². The lowest BCUT2D eigenvalue weighted by Crippen LogP contribution is -2.32. The highest BCUT2D eigenvalue weighted by Gasteiger charge is 2.35. The first-order valence-electron chi connectivity index (χ1n) is 9.52. The number of aryl methyl sites for hydroxylation is 1. The van der Waals surface area contributed by atoms with Crippen molar-refractivity contribution in [2.75, 3.05) is 6.73 Å². The van der Waals surface area contributed by atoms with Crippen molar-refractivity contribution in [2.24, 2.45) is 0 Å². The highest BCUT2D eigenvalue weighted by molar-refractivity contribution is 6.31. The zero-order chi connectivity index (χ0) is 22.0. The normalized spacial score (nSPS) is 13.2. The third kappa shape index (κ3) is 4.13. The van der Waals surface area contributed by atoms with E-state index in [1.807, 2.05) is 30.3 Å². The molecule has 0 unspecified atom stereocenters. The molecule has 2 amide bonds. The topological polar surface area (TPSA) is 81.5 Å². The van der Waals surface area contributed by atoms with E-state index in [1.54, 1.807) is 35.9 Å². The van der Waals surface area contributed by atoms with Crippen LogP contribution in [0.1, 0.15) is 37.5 Å². The molecule has 0 N–H and O–H groups in total. The molecule has 0 saturated heterocycles. The van der Waals surface area contributed by atoms with Gasteiger partial charge in [0.05, 0.1) is 23.4 Å². The van der Waals surface area contributed by atoms with E-state index in [4.69, 9.17) is 16.3 Å². The molecule has 156 valence electrons. The average Bonchev–Trinajstić information content (AvgIpc) is 3.18. The molecular formula is C23H18ClN3O4. The Morgan fingerprint density at radius 2 is 1.65 bits per heavy atom. The molecule has 31 heavy (non-hydrogen) atoms. The minimum Gasteiger partial charge on any atom is -0.441 e. The number of carbonyl (C=O) groups excluding carboxylic acids is 3. The van der Waals surface area contributed by atoms with Gasteiger partial charge in [0, 0.05) is 11.6 Å². The zero-order valence-corrected chi connectivity index (χ0v) is 17.4. The van der Waals surface area contributed by atoms with E-state index in [2.05, 4.69) is 5.10 Å². The fourth-order valence-corrected chi connectivity index (χ4v) is 3.60. The number of carbonyl (C=O) groups is 3. The SMILES string of the molecule is Cc1nn(Cc2ccccc2)c(Cl)c1C=CC(=O)OCN1C(=O)c2ccccc2C1=O. The monoisotopic (exact) mass is 435 g/mol. The summed E-state index contributed by atoms with van der Waals surface area (Å²) < 4.78 is 6.74. The minimum absolute atomic E-state index is 0.298. The van der Waals surface area contributed by atoms with Gasteiger partial charge in [-0.05, 0) is 30.7 Å². The van der Waals surface area contributed by atoms with Gasteiger partial charge in [-0.2, -0.15) is 5.10 Å². The van der Waals surface area contributed by atoms with Gasteiger partial charge in [0.1, 0.15) is 5.15 Å².